The van der Waals surface area contributed by atoms with E-state index in [0.717, 1.165) is 22.7 Å². The Bertz CT molecular complexity index is 2900. The fourth-order valence-corrected chi connectivity index (χ4v) is 10.9. The fraction of sp³-hybridized carbons (Fsp3) is 0.0769. The number of rotatable bonds is 5. The van der Waals surface area contributed by atoms with Crippen LogP contribution in [-0.4, -0.2) is 12.6 Å². The summed E-state index contributed by atoms with van der Waals surface area (Å²) in [5.41, 5.74) is 17.3. The van der Waals surface area contributed by atoms with E-state index in [1.54, 1.807) is 0 Å². The molecule has 2 aliphatic carbocycles. The summed E-state index contributed by atoms with van der Waals surface area (Å²) in [6, 6.07) is 70.4. The third-order valence-electron chi connectivity index (χ3n) is 12.2. The first-order chi connectivity index (χ1) is 26.9. The van der Waals surface area contributed by atoms with E-state index in [1.807, 2.05) is 0 Å². The van der Waals surface area contributed by atoms with Gasteiger partial charge in [0.2, 0.25) is 0 Å². The van der Waals surface area contributed by atoms with E-state index in [4.69, 9.17) is 0 Å². The molecule has 0 unspecified atom stereocenters. The van der Waals surface area contributed by atoms with E-state index in [9.17, 15) is 0 Å². The van der Waals surface area contributed by atoms with Crippen molar-refractivity contribution >= 4 is 52.1 Å². The number of hydrogen-bond acceptors (Lipinski definition) is 1. The van der Waals surface area contributed by atoms with Crippen molar-refractivity contribution in [3.63, 3.8) is 0 Å². The first-order valence-electron chi connectivity index (χ1n) is 19.4. The SMILES string of the molecule is C[Si](C)(C)c1ccc(N(c2ccc3c(c2)C2(c4ccccc4-c4ccccc42)c2ccccc2-3)c2ccc3c4ccccc4n(-c4ccccc4)c3c2)cc1. The average Bonchev–Trinajstić information content (AvgIpc) is 3.83. The number of benzene rings is 8. The Labute approximate surface area is 323 Å². The van der Waals surface area contributed by atoms with Crippen molar-refractivity contribution in [3.8, 4) is 27.9 Å². The molecule has 55 heavy (non-hydrogen) atoms. The molecule has 2 nitrogen and oxygen atoms in total. The number of nitrogens with zero attached hydrogens (tertiary/aromatic N) is 2. The molecule has 0 bridgehead atoms. The number of aromatic nitrogens is 1. The van der Waals surface area contributed by atoms with Gasteiger partial charge >= 0.3 is 0 Å². The fourth-order valence-electron chi connectivity index (χ4n) is 9.73. The molecule has 0 atom stereocenters. The quantitative estimate of drug-likeness (QED) is 0.161. The molecule has 0 saturated carbocycles. The molecule has 8 aromatic carbocycles. The van der Waals surface area contributed by atoms with Crippen LogP contribution in [0.4, 0.5) is 17.1 Å². The molecule has 0 aliphatic heterocycles. The maximum absolute atomic E-state index is 2.50. The van der Waals surface area contributed by atoms with Crippen LogP contribution in [0.15, 0.2) is 188 Å². The summed E-state index contributed by atoms with van der Waals surface area (Å²) in [4.78, 5) is 2.48. The zero-order valence-electron chi connectivity index (χ0n) is 31.3. The minimum absolute atomic E-state index is 0.411. The maximum Gasteiger partial charge on any atom is 0.0775 e. The highest BCUT2D eigenvalue weighted by Gasteiger charge is 2.51. The summed E-state index contributed by atoms with van der Waals surface area (Å²) >= 11 is 0. The molecular weight excluding hydrogens is 681 g/mol. The Morgan fingerprint density at radius 2 is 0.891 bits per heavy atom. The second-order valence-electron chi connectivity index (χ2n) is 16.1. The lowest BCUT2D eigenvalue weighted by molar-refractivity contribution is 0.793. The summed E-state index contributed by atoms with van der Waals surface area (Å²) in [7, 11) is -1.51. The maximum atomic E-state index is 2.50. The van der Waals surface area contributed by atoms with Crippen LogP contribution in [-0.2, 0) is 5.41 Å². The molecule has 9 aromatic rings. The van der Waals surface area contributed by atoms with Crippen LogP contribution in [0.3, 0.4) is 0 Å². The summed E-state index contributed by atoms with van der Waals surface area (Å²) in [6.07, 6.45) is 0. The average molecular weight is 721 g/mol. The molecule has 0 saturated heterocycles. The predicted octanol–water partition coefficient (Wildman–Crippen LogP) is 13.1. The molecule has 0 radical (unpaired) electrons. The van der Waals surface area contributed by atoms with Crippen molar-refractivity contribution in [1.82, 2.24) is 4.57 Å². The Morgan fingerprint density at radius 1 is 0.400 bits per heavy atom. The Morgan fingerprint density at radius 3 is 1.53 bits per heavy atom. The molecule has 0 N–H and O–H groups in total. The van der Waals surface area contributed by atoms with Crippen LogP contribution >= 0.6 is 0 Å². The Hall–Kier alpha value is -6.42. The van der Waals surface area contributed by atoms with Crippen molar-refractivity contribution in [2.75, 3.05) is 4.90 Å². The molecule has 11 rings (SSSR count). The van der Waals surface area contributed by atoms with E-state index in [-0.39, 0.29) is 0 Å². The minimum Gasteiger partial charge on any atom is -0.310 e. The van der Waals surface area contributed by atoms with Gasteiger partial charge in [-0.15, -0.1) is 0 Å². The van der Waals surface area contributed by atoms with Gasteiger partial charge in [0.15, 0.2) is 0 Å². The standard InChI is InChI=1S/C52H40N2Si/c1-55(2,3)39-29-25-36(26-30-39)53(38-28-32-45-44-20-10-14-24-50(44)54(51(45)34-38)35-15-5-4-6-16-35)37-27-31-43-42-19-9-13-23-48(42)52(49(43)33-37)46-21-11-7-17-40(46)41-18-8-12-22-47(41)52/h4-34H,1-3H3. The molecule has 0 fully saturated rings. The molecular formula is C52H40N2Si. The topological polar surface area (TPSA) is 8.17 Å². The van der Waals surface area contributed by atoms with Crippen molar-refractivity contribution in [2.45, 2.75) is 25.1 Å². The molecule has 3 heteroatoms. The van der Waals surface area contributed by atoms with E-state index in [0.29, 0.717) is 0 Å². The van der Waals surface area contributed by atoms with Crippen molar-refractivity contribution in [3.05, 3.63) is 210 Å². The number of fused-ring (bicyclic) bond motifs is 13. The smallest absolute Gasteiger partial charge is 0.0775 e. The summed E-state index contributed by atoms with van der Waals surface area (Å²) in [5, 5.41) is 3.97. The summed E-state index contributed by atoms with van der Waals surface area (Å²) in [6.45, 7) is 7.26. The van der Waals surface area contributed by atoms with Gasteiger partial charge < -0.3 is 9.47 Å². The molecule has 1 aromatic heterocycles. The highest BCUT2D eigenvalue weighted by molar-refractivity contribution is 6.88. The zero-order chi connectivity index (χ0) is 36.9. The van der Waals surface area contributed by atoms with Crippen LogP contribution in [0.1, 0.15) is 22.3 Å². The Kier molecular flexibility index (Phi) is 6.87. The lowest BCUT2D eigenvalue weighted by atomic mass is 9.70. The molecule has 0 amide bonds. The van der Waals surface area contributed by atoms with E-state index in [2.05, 4.69) is 217 Å². The van der Waals surface area contributed by atoms with E-state index >= 15 is 0 Å². The van der Waals surface area contributed by atoms with Gasteiger partial charge in [0, 0.05) is 33.5 Å². The van der Waals surface area contributed by atoms with Crippen molar-refractivity contribution < 1.29 is 0 Å². The third kappa shape index (κ3) is 4.54. The first kappa shape index (κ1) is 32.0. The van der Waals surface area contributed by atoms with Crippen LogP contribution in [0.25, 0.3) is 49.7 Å². The van der Waals surface area contributed by atoms with Gasteiger partial charge in [0.1, 0.15) is 0 Å². The highest BCUT2D eigenvalue weighted by atomic mass is 28.3. The third-order valence-corrected chi connectivity index (χ3v) is 14.2. The Balaban J connectivity index is 1.19. The van der Waals surface area contributed by atoms with Crippen molar-refractivity contribution in [2.24, 2.45) is 0 Å². The number of anilines is 3. The summed E-state index contributed by atoms with van der Waals surface area (Å²) in [5.74, 6) is 0. The molecule has 1 heterocycles. The lowest BCUT2D eigenvalue weighted by Gasteiger charge is -2.32. The first-order valence-corrected chi connectivity index (χ1v) is 22.9. The van der Waals surface area contributed by atoms with Gasteiger partial charge in [-0.3, -0.25) is 0 Å². The second kappa shape index (κ2) is 11.8. The number of hydrogen-bond donors (Lipinski definition) is 0. The second-order valence-corrected chi connectivity index (χ2v) is 21.2. The lowest BCUT2D eigenvalue weighted by Crippen LogP contribution is -2.37. The number of para-hydroxylation sites is 2. The normalized spacial score (nSPS) is 13.5. The van der Waals surface area contributed by atoms with Gasteiger partial charge in [-0.25, -0.2) is 0 Å². The van der Waals surface area contributed by atoms with Gasteiger partial charge in [0.05, 0.1) is 24.5 Å². The van der Waals surface area contributed by atoms with E-state index < -0.39 is 13.5 Å². The van der Waals surface area contributed by atoms with Gasteiger partial charge in [-0.2, -0.15) is 0 Å². The molecule has 1 spiro atoms. The van der Waals surface area contributed by atoms with Gasteiger partial charge in [-0.05, 0) is 99.1 Å². The van der Waals surface area contributed by atoms with Crippen LogP contribution in [0.2, 0.25) is 19.6 Å². The highest BCUT2D eigenvalue weighted by Crippen LogP contribution is 2.63. The van der Waals surface area contributed by atoms with Gasteiger partial charge in [-0.1, -0.05) is 158 Å². The van der Waals surface area contributed by atoms with E-state index in [1.165, 1.54) is 71.5 Å². The monoisotopic (exact) mass is 720 g/mol. The summed E-state index contributed by atoms with van der Waals surface area (Å²) < 4.78 is 2.42. The van der Waals surface area contributed by atoms with Crippen LogP contribution < -0.4 is 10.1 Å². The largest absolute Gasteiger partial charge is 0.310 e. The predicted molar refractivity (Wildman–Crippen MR) is 235 cm³/mol. The molecule has 262 valence electrons. The van der Waals surface area contributed by atoms with Crippen LogP contribution in [0, 0.1) is 0 Å². The van der Waals surface area contributed by atoms with Gasteiger partial charge in [0.25, 0.3) is 0 Å². The zero-order valence-corrected chi connectivity index (χ0v) is 32.3. The van der Waals surface area contributed by atoms with Crippen molar-refractivity contribution in [1.29, 1.82) is 0 Å². The molecule has 2 aliphatic rings. The van der Waals surface area contributed by atoms with Crippen LogP contribution in [0.5, 0.6) is 0 Å². The minimum atomic E-state index is -1.51.